The lowest BCUT2D eigenvalue weighted by Crippen LogP contribution is -2.38. The summed E-state index contributed by atoms with van der Waals surface area (Å²) in [5.74, 6) is 1.75. The molecule has 0 bridgehead atoms. The summed E-state index contributed by atoms with van der Waals surface area (Å²) < 4.78 is 2.08. The zero-order chi connectivity index (χ0) is 14.7. The van der Waals surface area contributed by atoms with Gasteiger partial charge in [0.25, 0.3) is 5.91 Å². The molecule has 0 unspecified atom stereocenters. The standard InChI is InChI=1S/C15H19N5O/c1-2-5-16-13-4-3-12(10-18-13)15(21)20-9-8-19-7-6-17-14(19)11-20/h3-4,6-7,10H,2,5,8-9,11H2,1H3,(H,16,18). The van der Waals surface area contributed by atoms with Crippen LogP contribution in [0.5, 0.6) is 0 Å². The van der Waals surface area contributed by atoms with Crippen LogP contribution >= 0.6 is 0 Å². The minimum absolute atomic E-state index is 0.0128. The number of imidazole rings is 1. The molecule has 21 heavy (non-hydrogen) atoms. The highest BCUT2D eigenvalue weighted by Gasteiger charge is 2.22. The number of nitrogens with one attached hydrogen (secondary N) is 1. The van der Waals surface area contributed by atoms with Gasteiger partial charge in [-0.15, -0.1) is 0 Å². The van der Waals surface area contributed by atoms with Crippen LogP contribution in [-0.4, -0.2) is 38.4 Å². The van der Waals surface area contributed by atoms with Gasteiger partial charge in [-0.2, -0.15) is 0 Å². The molecular formula is C15H19N5O. The summed E-state index contributed by atoms with van der Waals surface area (Å²) in [4.78, 5) is 22.9. The van der Waals surface area contributed by atoms with E-state index in [0.29, 0.717) is 18.7 Å². The predicted molar refractivity (Wildman–Crippen MR) is 80.0 cm³/mol. The fourth-order valence-corrected chi connectivity index (χ4v) is 2.41. The van der Waals surface area contributed by atoms with E-state index in [4.69, 9.17) is 0 Å². The molecule has 6 heteroatoms. The van der Waals surface area contributed by atoms with Crippen LogP contribution < -0.4 is 5.32 Å². The Hall–Kier alpha value is -2.37. The average Bonchev–Trinajstić information content (AvgIpc) is 3.00. The SMILES string of the molecule is CCCNc1ccc(C(=O)N2CCn3ccnc3C2)cn1. The third kappa shape index (κ3) is 2.89. The van der Waals surface area contributed by atoms with Crippen LogP contribution in [0.1, 0.15) is 29.5 Å². The van der Waals surface area contributed by atoms with Crippen molar-refractivity contribution in [2.75, 3.05) is 18.4 Å². The molecule has 1 aliphatic heterocycles. The van der Waals surface area contributed by atoms with Crippen molar-refractivity contribution in [1.29, 1.82) is 0 Å². The first-order chi connectivity index (χ1) is 10.3. The molecule has 110 valence electrons. The molecule has 0 spiro atoms. The van der Waals surface area contributed by atoms with Gasteiger partial charge in [-0.05, 0) is 18.6 Å². The maximum Gasteiger partial charge on any atom is 0.255 e. The number of fused-ring (bicyclic) bond motifs is 1. The first-order valence-electron chi connectivity index (χ1n) is 7.27. The third-order valence-corrected chi connectivity index (χ3v) is 3.60. The zero-order valence-corrected chi connectivity index (χ0v) is 12.1. The lowest BCUT2D eigenvalue weighted by atomic mass is 10.2. The van der Waals surface area contributed by atoms with Gasteiger partial charge in [-0.1, -0.05) is 6.92 Å². The monoisotopic (exact) mass is 285 g/mol. The van der Waals surface area contributed by atoms with Crippen LogP contribution in [0.4, 0.5) is 5.82 Å². The fraction of sp³-hybridized carbons (Fsp3) is 0.400. The number of amides is 1. The summed E-state index contributed by atoms with van der Waals surface area (Å²) in [5.41, 5.74) is 0.622. The molecule has 3 heterocycles. The molecule has 0 saturated carbocycles. The Balaban J connectivity index is 1.68. The molecule has 0 radical (unpaired) electrons. The minimum Gasteiger partial charge on any atom is -0.370 e. The molecule has 0 saturated heterocycles. The van der Waals surface area contributed by atoms with Crippen LogP contribution in [-0.2, 0) is 13.1 Å². The van der Waals surface area contributed by atoms with Crippen molar-refractivity contribution in [3.8, 4) is 0 Å². The summed E-state index contributed by atoms with van der Waals surface area (Å²) in [6, 6.07) is 3.68. The van der Waals surface area contributed by atoms with Gasteiger partial charge >= 0.3 is 0 Å². The van der Waals surface area contributed by atoms with Gasteiger partial charge in [0.05, 0.1) is 12.1 Å². The first-order valence-corrected chi connectivity index (χ1v) is 7.27. The van der Waals surface area contributed by atoms with E-state index in [9.17, 15) is 4.79 Å². The highest BCUT2D eigenvalue weighted by atomic mass is 16.2. The van der Waals surface area contributed by atoms with E-state index in [1.165, 1.54) is 0 Å². The molecule has 1 aliphatic rings. The van der Waals surface area contributed by atoms with Gasteiger partial charge in [-0.3, -0.25) is 4.79 Å². The Kier molecular flexibility index (Phi) is 3.85. The number of anilines is 1. The van der Waals surface area contributed by atoms with Crippen LogP contribution in [0.2, 0.25) is 0 Å². The molecular weight excluding hydrogens is 266 g/mol. The predicted octanol–water partition coefficient (Wildman–Crippen LogP) is 1.76. The molecule has 1 N–H and O–H groups in total. The van der Waals surface area contributed by atoms with Crippen LogP contribution in [0, 0.1) is 0 Å². The van der Waals surface area contributed by atoms with E-state index in [1.54, 1.807) is 12.4 Å². The zero-order valence-electron chi connectivity index (χ0n) is 12.1. The van der Waals surface area contributed by atoms with Crippen molar-refractivity contribution in [2.45, 2.75) is 26.4 Å². The van der Waals surface area contributed by atoms with E-state index in [0.717, 1.165) is 31.2 Å². The van der Waals surface area contributed by atoms with Crippen LogP contribution in [0.15, 0.2) is 30.7 Å². The Morgan fingerprint density at radius 1 is 1.33 bits per heavy atom. The molecule has 2 aromatic rings. The van der Waals surface area contributed by atoms with Crippen molar-refractivity contribution in [3.63, 3.8) is 0 Å². The molecule has 0 atom stereocenters. The van der Waals surface area contributed by atoms with E-state index in [-0.39, 0.29) is 5.91 Å². The lowest BCUT2D eigenvalue weighted by molar-refractivity contribution is 0.0707. The normalized spacial score (nSPS) is 13.9. The molecule has 2 aromatic heterocycles. The van der Waals surface area contributed by atoms with Gasteiger partial charge in [0, 0.05) is 38.2 Å². The molecule has 0 aliphatic carbocycles. The molecule has 0 aromatic carbocycles. The Morgan fingerprint density at radius 3 is 3.00 bits per heavy atom. The quantitative estimate of drug-likeness (QED) is 0.929. The van der Waals surface area contributed by atoms with Crippen molar-refractivity contribution >= 4 is 11.7 Å². The fourth-order valence-electron chi connectivity index (χ4n) is 2.41. The summed E-state index contributed by atoms with van der Waals surface area (Å²) in [7, 11) is 0. The highest BCUT2D eigenvalue weighted by molar-refractivity contribution is 5.94. The molecule has 3 rings (SSSR count). The average molecular weight is 285 g/mol. The van der Waals surface area contributed by atoms with Crippen molar-refractivity contribution in [1.82, 2.24) is 19.4 Å². The number of nitrogens with zero attached hydrogens (tertiary/aromatic N) is 4. The summed E-state index contributed by atoms with van der Waals surface area (Å²) >= 11 is 0. The van der Waals surface area contributed by atoms with Gasteiger partial charge < -0.3 is 14.8 Å². The smallest absolute Gasteiger partial charge is 0.255 e. The Labute approximate surface area is 123 Å². The minimum atomic E-state index is 0.0128. The first kappa shape index (κ1) is 13.6. The van der Waals surface area contributed by atoms with Gasteiger partial charge in [-0.25, -0.2) is 9.97 Å². The van der Waals surface area contributed by atoms with Crippen molar-refractivity contribution in [3.05, 3.63) is 42.1 Å². The van der Waals surface area contributed by atoms with Gasteiger partial charge in [0.2, 0.25) is 0 Å². The second-order valence-electron chi connectivity index (χ2n) is 5.12. The highest BCUT2D eigenvalue weighted by Crippen LogP contribution is 2.14. The Bertz CT molecular complexity index is 619. The van der Waals surface area contributed by atoms with Crippen LogP contribution in [0.25, 0.3) is 0 Å². The maximum absolute atomic E-state index is 12.5. The van der Waals surface area contributed by atoms with E-state index in [2.05, 4.69) is 26.8 Å². The number of pyridine rings is 1. The molecule has 1 amide bonds. The van der Waals surface area contributed by atoms with E-state index < -0.39 is 0 Å². The second kappa shape index (κ2) is 5.95. The third-order valence-electron chi connectivity index (χ3n) is 3.60. The van der Waals surface area contributed by atoms with Crippen molar-refractivity contribution < 1.29 is 4.79 Å². The summed E-state index contributed by atoms with van der Waals surface area (Å²) in [6.07, 6.45) is 6.41. The number of carbonyl (C=O) groups excluding carboxylic acids is 1. The number of aromatic nitrogens is 3. The Morgan fingerprint density at radius 2 is 2.24 bits per heavy atom. The maximum atomic E-state index is 12.5. The number of hydrogen-bond donors (Lipinski definition) is 1. The van der Waals surface area contributed by atoms with E-state index >= 15 is 0 Å². The van der Waals surface area contributed by atoms with E-state index in [1.807, 2.05) is 23.2 Å². The molecule has 0 fully saturated rings. The van der Waals surface area contributed by atoms with Crippen molar-refractivity contribution in [2.24, 2.45) is 0 Å². The number of carbonyl (C=O) groups is 1. The topological polar surface area (TPSA) is 63.1 Å². The van der Waals surface area contributed by atoms with Gasteiger partial charge in [0.1, 0.15) is 11.6 Å². The summed E-state index contributed by atoms with van der Waals surface area (Å²) in [6.45, 7) is 5.05. The van der Waals surface area contributed by atoms with Gasteiger partial charge in [0.15, 0.2) is 0 Å². The lowest BCUT2D eigenvalue weighted by Gasteiger charge is -2.27. The largest absolute Gasteiger partial charge is 0.370 e. The van der Waals surface area contributed by atoms with Crippen LogP contribution in [0.3, 0.4) is 0 Å². The second-order valence-corrected chi connectivity index (χ2v) is 5.12. The molecule has 6 nitrogen and oxygen atoms in total. The number of hydrogen-bond acceptors (Lipinski definition) is 4. The summed E-state index contributed by atoms with van der Waals surface area (Å²) in [5, 5.41) is 3.20. The number of rotatable bonds is 4.